The number of nitrogens with zero attached hydrogens (tertiary/aromatic N) is 2. The molecular weight excluding hydrogens is 759 g/mol. The number of aromatic nitrogens is 1. The van der Waals surface area contributed by atoms with E-state index in [1.165, 1.54) is 11.0 Å². The fraction of sp³-hybridized carbons (Fsp3) is 0.450. The highest BCUT2D eigenvalue weighted by Crippen LogP contribution is 2.45. The minimum Gasteiger partial charge on any atom is -0.497 e. The van der Waals surface area contributed by atoms with Crippen molar-refractivity contribution in [3.63, 3.8) is 0 Å². The van der Waals surface area contributed by atoms with Gasteiger partial charge in [0.1, 0.15) is 47.4 Å². The van der Waals surface area contributed by atoms with Crippen LogP contribution in [0.2, 0.25) is 0 Å². The van der Waals surface area contributed by atoms with Crippen LogP contribution in [0.1, 0.15) is 52.9 Å². The van der Waals surface area contributed by atoms with Crippen LogP contribution in [0.3, 0.4) is 0 Å². The Balaban J connectivity index is 1.28. The molecule has 0 bridgehead atoms. The lowest BCUT2D eigenvalue weighted by atomic mass is 10.1. The number of Topliss-reactive ketones (excluding diaryl/α,β-unsaturated/α-hetero) is 1. The van der Waals surface area contributed by atoms with Gasteiger partial charge in [0.25, 0.3) is 5.91 Å². The SMILES string of the molecule is C=C[C@@H]1C[C@]1(NC(=O)[C@@H]1C[C@@H](Oc2nccc3cc(OC)ccc23)CN1C(=O)[C@H](CC(=O)COc1ccccc1)NC(=O)OC(C)(C)C)C(=O)NS(=O)(=O)C1CC1. The number of carbonyl (C=O) groups excluding carboxylic acids is 5. The standard InChI is InChI=1S/C40H47N5O11S/c1-6-25-21-40(25,37(49)44-57(51,52)30-13-14-30)43-34(47)33-20-29(55-35-31-15-12-28(53-5)18-24(31)16-17-41-35)22-45(33)36(48)32(42-38(50)56-39(2,3)4)19-26(46)23-54-27-10-8-7-9-11-27/h6-12,15-18,25,29-30,32-33H,1,13-14,19-23H2,2-5H3,(H,42,50)(H,43,47)(H,44,49)/t25-,29-,32+,33+,40-/m1/s1. The number of ketones is 1. The van der Waals surface area contributed by atoms with E-state index in [0.717, 1.165) is 5.39 Å². The zero-order chi connectivity index (χ0) is 41.1. The molecule has 16 nitrogen and oxygen atoms in total. The van der Waals surface area contributed by atoms with Crippen molar-refractivity contribution in [1.82, 2.24) is 25.2 Å². The number of hydrogen-bond acceptors (Lipinski definition) is 12. The van der Waals surface area contributed by atoms with Crippen molar-refractivity contribution in [3.8, 4) is 17.4 Å². The van der Waals surface area contributed by atoms with Gasteiger partial charge in [0.15, 0.2) is 5.78 Å². The number of likely N-dealkylation sites (tertiary alicyclic amines) is 1. The first-order valence-electron chi connectivity index (χ1n) is 18.6. The summed E-state index contributed by atoms with van der Waals surface area (Å²) in [6.07, 6.45) is 1.51. The molecule has 2 saturated carbocycles. The summed E-state index contributed by atoms with van der Waals surface area (Å²) in [6.45, 7) is 8.06. The highest BCUT2D eigenvalue weighted by molar-refractivity contribution is 7.91. The Bertz CT molecular complexity index is 2160. The fourth-order valence-electron chi connectivity index (χ4n) is 6.72. The Kier molecular flexibility index (Phi) is 11.8. The van der Waals surface area contributed by atoms with Crippen LogP contribution >= 0.6 is 0 Å². The van der Waals surface area contributed by atoms with Crippen LogP contribution < -0.4 is 29.6 Å². The summed E-state index contributed by atoms with van der Waals surface area (Å²) in [7, 11) is -2.41. The summed E-state index contributed by atoms with van der Waals surface area (Å²) >= 11 is 0. The van der Waals surface area contributed by atoms with Gasteiger partial charge >= 0.3 is 6.09 Å². The van der Waals surface area contributed by atoms with Gasteiger partial charge in [0.05, 0.1) is 18.9 Å². The van der Waals surface area contributed by atoms with E-state index in [9.17, 15) is 32.4 Å². The molecule has 0 radical (unpaired) electrons. The molecule has 3 aliphatic rings. The monoisotopic (exact) mass is 805 g/mol. The maximum absolute atomic E-state index is 14.6. The normalized spacial score (nSPS) is 22.1. The molecule has 0 spiro atoms. The summed E-state index contributed by atoms with van der Waals surface area (Å²) in [5.74, 6) is -2.34. The smallest absolute Gasteiger partial charge is 0.408 e. The Morgan fingerprint density at radius 2 is 1.79 bits per heavy atom. The molecule has 6 rings (SSSR count). The molecule has 1 saturated heterocycles. The number of nitrogens with one attached hydrogen (secondary N) is 3. The molecule has 3 N–H and O–H groups in total. The molecule has 3 fully saturated rings. The molecule has 1 aliphatic heterocycles. The van der Waals surface area contributed by atoms with Gasteiger partial charge in [-0.05, 0) is 81.8 Å². The quantitative estimate of drug-likeness (QED) is 0.179. The summed E-state index contributed by atoms with van der Waals surface area (Å²) in [5, 5.41) is 5.95. The number of alkyl carbamates (subject to hydrolysis) is 1. The van der Waals surface area contributed by atoms with Crippen LogP contribution in [0, 0.1) is 5.92 Å². The first kappa shape index (κ1) is 40.9. The van der Waals surface area contributed by atoms with Gasteiger partial charge in [0.2, 0.25) is 27.7 Å². The maximum Gasteiger partial charge on any atom is 0.408 e. The third kappa shape index (κ3) is 9.82. The zero-order valence-electron chi connectivity index (χ0n) is 32.2. The van der Waals surface area contributed by atoms with Crippen LogP contribution in [-0.4, -0.2) is 103 Å². The van der Waals surface area contributed by atoms with Gasteiger partial charge in [-0.2, -0.15) is 0 Å². The minimum atomic E-state index is -3.95. The van der Waals surface area contributed by atoms with E-state index in [1.54, 1.807) is 88.7 Å². The average Bonchev–Trinajstić information content (AvgIpc) is 4.09. The van der Waals surface area contributed by atoms with Gasteiger partial charge in [-0.1, -0.05) is 24.3 Å². The van der Waals surface area contributed by atoms with Crippen molar-refractivity contribution in [2.45, 2.75) is 87.5 Å². The minimum absolute atomic E-state index is 0.0803. The van der Waals surface area contributed by atoms with Gasteiger partial charge in [-0.25, -0.2) is 18.2 Å². The van der Waals surface area contributed by atoms with Crippen molar-refractivity contribution in [2.75, 3.05) is 20.3 Å². The van der Waals surface area contributed by atoms with Crippen LogP contribution in [-0.2, 0) is 33.9 Å². The number of ether oxygens (including phenoxy) is 4. The summed E-state index contributed by atoms with van der Waals surface area (Å²) < 4.78 is 50.3. The summed E-state index contributed by atoms with van der Waals surface area (Å²) in [5.41, 5.74) is -2.58. The first-order chi connectivity index (χ1) is 27.0. The number of methoxy groups -OCH3 is 1. The zero-order valence-corrected chi connectivity index (χ0v) is 33.0. The number of hydrogen-bond donors (Lipinski definition) is 3. The predicted octanol–water partition coefficient (Wildman–Crippen LogP) is 3.19. The second-order valence-corrected chi connectivity index (χ2v) is 17.4. The molecule has 2 heterocycles. The number of para-hydroxylation sites is 1. The highest BCUT2D eigenvalue weighted by Gasteiger charge is 2.62. The first-order valence-corrected chi connectivity index (χ1v) is 20.2. The van der Waals surface area contributed by atoms with Crippen LogP contribution in [0.15, 0.2) is 73.4 Å². The third-order valence-corrected chi connectivity index (χ3v) is 11.7. The van der Waals surface area contributed by atoms with Crippen LogP contribution in [0.25, 0.3) is 10.8 Å². The molecule has 3 aromatic rings. The Morgan fingerprint density at radius 3 is 2.44 bits per heavy atom. The van der Waals surface area contributed by atoms with Crippen molar-refractivity contribution in [1.29, 1.82) is 0 Å². The summed E-state index contributed by atoms with van der Waals surface area (Å²) in [6, 6.07) is 12.8. The molecule has 1 aromatic heterocycles. The number of amides is 4. The van der Waals surface area contributed by atoms with E-state index in [4.69, 9.17) is 18.9 Å². The topological polar surface area (TPSA) is 209 Å². The van der Waals surface area contributed by atoms with Crippen LogP contribution in [0.4, 0.5) is 4.79 Å². The van der Waals surface area contributed by atoms with E-state index in [-0.39, 0.29) is 25.3 Å². The largest absolute Gasteiger partial charge is 0.497 e. The Hall–Kier alpha value is -5.71. The number of sulfonamides is 1. The van der Waals surface area contributed by atoms with Crippen molar-refractivity contribution < 1.29 is 51.3 Å². The number of carbonyl (C=O) groups is 5. The fourth-order valence-corrected chi connectivity index (χ4v) is 8.08. The molecular formula is C40H47N5O11S. The second kappa shape index (κ2) is 16.4. The number of rotatable bonds is 16. The number of fused-ring (bicyclic) bond motifs is 1. The molecule has 2 aliphatic carbocycles. The lowest BCUT2D eigenvalue weighted by molar-refractivity contribution is -0.142. The van der Waals surface area contributed by atoms with Crippen molar-refractivity contribution in [3.05, 3.63) is 73.4 Å². The Morgan fingerprint density at radius 1 is 1.05 bits per heavy atom. The molecule has 304 valence electrons. The molecule has 5 atom stereocenters. The molecule has 17 heteroatoms. The predicted molar refractivity (Wildman–Crippen MR) is 207 cm³/mol. The van der Waals surface area contributed by atoms with Crippen LogP contribution in [0.5, 0.6) is 17.4 Å². The maximum atomic E-state index is 14.6. The van der Waals surface area contributed by atoms with E-state index in [0.29, 0.717) is 29.7 Å². The summed E-state index contributed by atoms with van der Waals surface area (Å²) in [4.78, 5) is 74.4. The lowest BCUT2D eigenvalue weighted by Crippen LogP contribution is -2.58. The molecule has 4 amide bonds. The second-order valence-electron chi connectivity index (χ2n) is 15.4. The van der Waals surface area contributed by atoms with Gasteiger partial charge in [-0.3, -0.25) is 23.9 Å². The van der Waals surface area contributed by atoms with Crippen molar-refractivity contribution >= 4 is 50.4 Å². The van der Waals surface area contributed by atoms with Gasteiger partial charge < -0.3 is 34.5 Å². The number of benzene rings is 2. The molecule has 57 heavy (non-hydrogen) atoms. The Labute approximate surface area is 330 Å². The number of pyridine rings is 1. The van der Waals surface area contributed by atoms with Gasteiger partial charge in [-0.15, -0.1) is 6.58 Å². The third-order valence-electron chi connectivity index (χ3n) is 9.87. The van der Waals surface area contributed by atoms with Crippen molar-refractivity contribution in [2.24, 2.45) is 5.92 Å². The van der Waals surface area contributed by atoms with E-state index in [2.05, 4.69) is 26.9 Å². The lowest BCUT2D eigenvalue weighted by Gasteiger charge is -2.30. The van der Waals surface area contributed by atoms with Gasteiger partial charge in [0, 0.05) is 30.3 Å². The highest BCUT2D eigenvalue weighted by atomic mass is 32.2. The molecule has 2 aromatic carbocycles. The van der Waals surface area contributed by atoms with E-state index < -0.39 is 93.1 Å². The van der Waals surface area contributed by atoms with E-state index >= 15 is 0 Å². The molecule has 0 unspecified atom stereocenters. The van der Waals surface area contributed by atoms with E-state index in [1.807, 2.05) is 0 Å². The average molecular weight is 806 g/mol.